The Morgan fingerprint density at radius 3 is 2.35 bits per heavy atom. The second kappa shape index (κ2) is 6.36. The first-order chi connectivity index (χ1) is 9.60. The molecule has 0 fully saturated rings. The van der Waals surface area contributed by atoms with Gasteiger partial charge in [-0.3, -0.25) is 10.1 Å². The van der Waals surface area contributed by atoms with Crippen LogP contribution in [0.3, 0.4) is 0 Å². The van der Waals surface area contributed by atoms with Gasteiger partial charge in [-0.15, -0.1) is 0 Å². The van der Waals surface area contributed by atoms with Gasteiger partial charge in [-0.25, -0.2) is 0 Å². The summed E-state index contributed by atoms with van der Waals surface area (Å²) in [6.07, 6.45) is 0. The summed E-state index contributed by atoms with van der Waals surface area (Å²) in [5.41, 5.74) is 1.66. The molecule has 2 aromatic rings. The summed E-state index contributed by atoms with van der Waals surface area (Å²) in [6.45, 7) is 0.290. The maximum Gasteiger partial charge on any atom is 0.271 e. The van der Waals surface area contributed by atoms with Gasteiger partial charge in [0.1, 0.15) is 12.4 Å². The van der Waals surface area contributed by atoms with Crippen LogP contribution in [0.2, 0.25) is 5.02 Å². The van der Waals surface area contributed by atoms with Crippen LogP contribution in [-0.4, -0.2) is 10.0 Å². The van der Waals surface area contributed by atoms with Crippen molar-refractivity contribution in [2.45, 2.75) is 13.2 Å². The van der Waals surface area contributed by atoms with Crippen molar-refractivity contribution in [3.8, 4) is 5.75 Å². The van der Waals surface area contributed by atoms with Crippen molar-refractivity contribution < 1.29 is 14.8 Å². The molecule has 1 N–H and O–H groups in total. The van der Waals surface area contributed by atoms with Crippen LogP contribution in [0.25, 0.3) is 0 Å². The van der Waals surface area contributed by atoms with Gasteiger partial charge in [0.15, 0.2) is 0 Å². The highest BCUT2D eigenvalue weighted by atomic mass is 35.5. The van der Waals surface area contributed by atoms with Crippen molar-refractivity contribution in [1.82, 2.24) is 0 Å². The Kier molecular flexibility index (Phi) is 4.55. The fourth-order valence-electron chi connectivity index (χ4n) is 1.62. The zero-order chi connectivity index (χ0) is 14.5. The van der Waals surface area contributed by atoms with Crippen molar-refractivity contribution in [1.29, 1.82) is 0 Å². The van der Waals surface area contributed by atoms with Gasteiger partial charge in [-0.2, -0.15) is 0 Å². The number of hydrogen-bond donors (Lipinski definition) is 1. The number of halogens is 1. The molecule has 0 saturated heterocycles. The van der Waals surface area contributed by atoms with E-state index in [1.807, 2.05) is 12.1 Å². The maximum absolute atomic E-state index is 10.6. The average Bonchev–Trinajstić information content (AvgIpc) is 2.46. The zero-order valence-electron chi connectivity index (χ0n) is 10.5. The summed E-state index contributed by atoms with van der Waals surface area (Å²) in [7, 11) is 0. The highest BCUT2D eigenvalue weighted by molar-refractivity contribution is 6.32. The molecule has 104 valence electrons. The lowest BCUT2D eigenvalue weighted by atomic mass is 10.1. The van der Waals surface area contributed by atoms with Gasteiger partial charge < -0.3 is 9.84 Å². The number of nitrogens with zero attached hydrogens (tertiary/aromatic N) is 1. The third kappa shape index (κ3) is 3.46. The van der Waals surface area contributed by atoms with Gasteiger partial charge in [0.05, 0.1) is 16.6 Å². The normalized spacial score (nSPS) is 10.3. The summed E-state index contributed by atoms with van der Waals surface area (Å²) in [4.78, 5) is 10.1. The molecule has 0 saturated carbocycles. The van der Waals surface area contributed by atoms with Crippen molar-refractivity contribution >= 4 is 17.3 Å². The third-order valence-corrected chi connectivity index (χ3v) is 3.02. The quantitative estimate of drug-likeness (QED) is 0.678. The van der Waals surface area contributed by atoms with E-state index in [0.717, 1.165) is 11.1 Å². The van der Waals surface area contributed by atoms with E-state index in [2.05, 4.69) is 0 Å². The van der Waals surface area contributed by atoms with Crippen LogP contribution in [0.1, 0.15) is 11.1 Å². The van der Waals surface area contributed by atoms with E-state index >= 15 is 0 Å². The Morgan fingerprint density at radius 2 is 1.80 bits per heavy atom. The Hall–Kier alpha value is -2.11. The molecule has 2 rings (SSSR count). The predicted octanol–water partition coefficient (Wildman–Crippen LogP) is 3.32. The molecule has 0 aromatic heterocycles. The number of rotatable bonds is 5. The molecular weight excluding hydrogens is 282 g/mol. The minimum atomic E-state index is -0.511. The van der Waals surface area contributed by atoms with Crippen LogP contribution in [0, 0.1) is 10.1 Å². The van der Waals surface area contributed by atoms with Crippen LogP contribution in [0.4, 0.5) is 5.69 Å². The fraction of sp³-hybridized carbons (Fsp3) is 0.143. The second-order valence-electron chi connectivity index (χ2n) is 4.14. The molecule has 2 aromatic carbocycles. The van der Waals surface area contributed by atoms with Crippen molar-refractivity contribution in [2.24, 2.45) is 0 Å². The lowest BCUT2D eigenvalue weighted by Crippen LogP contribution is -1.97. The molecule has 0 radical (unpaired) electrons. The predicted molar refractivity (Wildman–Crippen MR) is 74.8 cm³/mol. The van der Waals surface area contributed by atoms with E-state index in [4.69, 9.17) is 21.4 Å². The molecule has 0 aliphatic heterocycles. The van der Waals surface area contributed by atoms with E-state index in [1.54, 1.807) is 12.1 Å². The Labute approximate surface area is 120 Å². The Balaban J connectivity index is 2.04. The van der Waals surface area contributed by atoms with Gasteiger partial charge >= 0.3 is 0 Å². The number of hydrogen-bond acceptors (Lipinski definition) is 4. The van der Waals surface area contributed by atoms with E-state index in [9.17, 15) is 10.1 Å². The average molecular weight is 294 g/mol. The van der Waals surface area contributed by atoms with Gasteiger partial charge in [-0.1, -0.05) is 35.9 Å². The number of aliphatic hydroxyl groups excluding tert-OH is 1. The van der Waals surface area contributed by atoms with Crippen LogP contribution in [0.15, 0.2) is 42.5 Å². The van der Waals surface area contributed by atoms with Gasteiger partial charge in [0, 0.05) is 12.1 Å². The second-order valence-corrected chi connectivity index (χ2v) is 4.54. The summed E-state index contributed by atoms with van der Waals surface area (Å²) < 4.78 is 5.51. The molecule has 0 aliphatic rings. The molecule has 5 nitrogen and oxygen atoms in total. The monoisotopic (exact) mass is 293 g/mol. The van der Waals surface area contributed by atoms with E-state index in [0.29, 0.717) is 12.4 Å². The van der Waals surface area contributed by atoms with Crippen LogP contribution in [0.5, 0.6) is 5.75 Å². The number of nitro groups is 1. The molecule has 0 spiro atoms. The first kappa shape index (κ1) is 14.3. The van der Waals surface area contributed by atoms with E-state index in [-0.39, 0.29) is 17.3 Å². The number of aliphatic hydroxyl groups is 1. The number of ether oxygens (including phenoxy) is 1. The number of nitro benzene ring substituents is 1. The van der Waals surface area contributed by atoms with Crippen molar-refractivity contribution in [3.63, 3.8) is 0 Å². The van der Waals surface area contributed by atoms with Gasteiger partial charge in [0.2, 0.25) is 0 Å². The molecule has 0 bridgehead atoms. The fourth-order valence-corrected chi connectivity index (χ4v) is 1.85. The first-order valence-electron chi connectivity index (χ1n) is 5.85. The number of non-ortho nitro benzene ring substituents is 1. The molecule has 20 heavy (non-hydrogen) atoms. The van der Waals surface area contributed by atoms with E-state index < -0.39 is 4.92 Å². The van der Waals surface area contributed by atoms with Gasteiger partial charge in [-0.05, 0) is 17.2 Å². The minimum absolute atomic E-state index is 0.00464. The molecule has 0 amide bonds. The minimum Gasteiger partial charge on any atom is -0.487 e. The van der Waals surface area contributed by atoms with Crippen molar-refractivity contribution in [2.75, 3.05) is 0 Å². The summed E-state index contributed by atoms with van der Waals surface area (Å²) in [5, 5.41) is 19.7. The number of benzene rings is 2. The van der Waals surface area contributed by atoms with E-state index in [1.165, 1.54) is 18.2 Å². The molecular formula is C14H12ClNO4. The smallest absolute Gasteiger partial charge is 0.271 e. The van der Waals surface area contributed by atoms with Crippen LogP contribution in [-0.2, 0) is 13.2 Å². The molecule has 6 heteroatoms. The highest BCUT2D eigenvalue weighted by Gasteiger charge is 2.10. The summed E-state index contributed by atoms with van der Waals surface area (Å²) >= 11 is 5.92. The highest BCUT2D eigenvalue weighted by Crippen LogP contribution is 2.29. The SMILES string of the molecule is O=[N+]([O-])c1ccc(OCc2ccc(CO)cc2)c(Cl)c1. The lowest BCUT2D eigenvalue weighted by Gasteiger charge is -2.08. The topological polar surface area (TPSA) is 72.6 Å². The lowest BCUT2D eigenvalue weighted by molar-refractivity contribution is -0.384. The maximum atomic E-state index is 10.6. The molecule has 0 unspecified atom stereocenters. The molecule has 0 heterocycles. The third-order valence-electron chi connectivity index (χ3n) is 2.73. The van der Waals surface area contributed by atoms with Gasteiger partial charge in [0.25, 0.3) is 5.69 Å². The van der Waals surface area contributed by atoms with Crippen LogP contribution < -0.4 is 4.74 Å². The molecule has 0 aliphatic carbocycles. The summed E-state index contributed by atoms with van der Waals surface area (Å²) in [6, 6.07) is 11.4. The zero-order valence-corrected chi connectivity index (χ0v) is 11.2. The first-order valence-corrected chi connectivity index (χ1v) is 6.23. The standard InChI is InChI=1S/C14H12ClNO4/c15-13-7-12(16(18)19)5-6-14(13)20-9-11-3-1-10(8-17)2-4-11/h1-7,17H,8-9H2. The van der Waals surface area contributed by atoms with Crippen molar-refractivity contribution in [3.05, 3.63) is 68.7 Å². The molecule has 0 atom stereocenters. The van der Waals surface area contributed by atoms with Crippen LogP contribution >= 0.6 is 11.6 Å². The summed E-state index contributed by atoms with van der Waals surface area (Å²) in [5.74, 6) is 0.392. The Morgan fingerprint density at radius 1 is 1.15 bits per heavy atom. The largest absolute Gasteiger partial charge is 0.487 e. The Bertz CT molecular complexity index is 613.